The van der Waals surface area contributed by atoms with E-state index < -0.39 is 18.2 Å². The van der Waals surface area contributed by atoms with Gasteiger partial charge in [0.1, 0.15) is 5.82 Å². The van der Waals surface area contributed by atoms with Crippen molar-refractivity contribution >= 4 is 5.69 Å². The second-order valence-corrected chi connectivity index (χ2v) is 4.46. The molecule has 0 atom stereocenters. The minimum Gasteiger partial charge on any atom is -0.432 e. The van der Waals surface area contributed by atoms with Crippen LogP contribution in [0.5, 0.6) is 5.75 Å². The van der Waals surface area contributed by atoms with Crippen molar-refractivity contribution in [1.29, 1.82) is 0 Å². The zero-order valence-corrected chi connectivity index (χ0v) is 11.2. The largest absolute Gasteiger partial charge is 0.432 e. The molecular formula is C15H13F4NO. The van der Waals surface area contributed by atoms with Gasteiger partial charge in [-0.15, -0.1) is 0 Å². The van der Waals surface area contributed by atoms with Crippen LogP contribution >= 0.6 is 0 Å². The molecule has 2 rings (SSSR count). The summed E-state index contributed by atoms with van der Waals surface area (Å²) in [5, 5.41) is 2.88. The maximum Gasteiger partial charge on any atom is 0.387 e. The van der Waals surface area contributed by atoms with Crippen LogP contribution in [0.1, 0.15) is 11.1 Å². The molecule has 6 heteroatoms. The molecule has 1 N–H and O–H groups in total. The number of benzene rings is 2. The Morgan fingerprint density at radius 3 is 2.43 bits per heavy atom. The van der Waals surface area contributed by atoms with E-state index in [1.165, 1.54) is 12.1 Å². The Labute approximate surface area is 119 Å². The van der Waals surface area contributed by atoms with E-state index in [-0.39, 0.29) is 12.4 Å². The molecule has 0 fully saturated rings. The van der Waals surface area contributed by atoms with E-state index in [2.05, 4.69) is 10.1 Å². The fraction of sp³-hybridized carbons (Fsp3) is 0.200. The minimum absolute atomic E-state index is 0.283. The van der Waals surface area contributed by atoms with Crippen LogP contribution in [-0.2, 0) is 6.54 Å². The third kappa shape index (κ3) is 4.11. The van der Waals surface area contributed by atoms with Crippen molar-refractivity contribution in [2.75, 3.05) is 5.32 Å². The standard InChI is InChI=1S/C15H13F4NO/c1-9-2-3-10(6-12(9)16)8-20-11-4-5-14(13(17)7-11)21-15(18)19/h2-7,15,20H,8H2,1H3. The smallest absolute Gasteiger partial charge is 0.387 e. The molecule has 112 valence electrons. The summed E-state index contributed by atoms with van der Waals surface area (Å²) in [5.74, 6) is -1.73. The van der Waals surface area contributed by atoms with Crippen LogP contribution in [0.4, 0.5) is 23.2 Å². The van der Waals surface area contributed by atoms with Gasteiger partial charge in [-0.3, -0.25) is 0 Å². The van der Waals surface area contributed by atoms with Gasteiger partial charge >= 0.3 is 6.61 Å². The summed E-state index contributed by atoms with van der Waals surface area (Å²) in [4.78, 5) is 0. The molecule has 2 nitrogen and oxygen atoms in total. The summed E-state index contributed by atoms with van der Waals surface area (Å²) in [6.07, 6.45) is 0. The molecule has 0 aliphatic heterocycles. The number of rotatable bonds is 5. The fourth-order valence-corrected chi connectivity index (χ4v) is 1.75. The lowest BCUT2D eigenvalue weighted by Crippen LogP contribution is -2.05. The van der Waals surface area contributed by atoms with Crippen LogP contribution in [-0.4, -0.2) is 6.61 Å². The van der Waals surface area contributed by atoms with Gasteiger partial charge in [-0.05, 0) is 36.2 Å². The first kappa shape index (κ1) is 15.2. The van der Waals surface area contributed by atoms with Gasteiger partial charge in [0.05, 0.1) is 0 Å². The molecule has 0 aromatic heterocycles. The topological polar surface area (TPSA) is 21.3 Å². The van der Waals surface area contributed by atoms with Gasteiger partial charge in [0.15, 0.2) is 11.6 Å². The normalized spacial score (nSPS) is 10.8. The van der Waals surface area contributed by atoms with Crippen LogP contribution in [0.2, 0.25) is 0 Å². The van der Waals surface area contributed by atoms with E-state index in [1.54, 1.807) is 19.1 Å². The lowest BCUT2D eigenvalue weighted by atomic mass is 10.1. The maximum absolute atomic E-state index is 13.5. The van der Waals surface area contributed by atoms with E-state index in [0.29, 0.717) is 16.8 Å². The van der Waals surface area contributed by atoms with Crippen molar-refractivity contribution < 1.29 is 22.3 Å². The number of alkyl halides is 2. The number of anilines is 1. The summed E-state index contributed by atoms with van der Waals surface area (Å²) in [6.45, 7) is -1.14. The highest BCUT2D eigenvalue weighted by Crippen LogP contribution is 2.23. The van der Waals surface area contributed by atoms with Gasteiger partial charge in [-0.25, -0.2) is 8.78 Å². The zero-order chi connectivity index (χ0) is 15.4. The monoisotopic (exact) mass is 299 g/mol. The maximum atomic E-state index is 13.5. The molecular weight excluding hydrogens is 286 g/mol. The second-order valence-electron chi connectivity index (χ2n) is 4.46. The minimum atomic E-state index is -3.08. The van der Waals surface area contributed by atoms with E-state index in [1.807, 2.05) is 0 Å². The summed E-state index contributed by atoms with van der Waals surface area (Å²) in [6, 6.07) is 8.34. The van der Waals surface area contributed by atoms with Gasteiger partial charge in [0, 0.05) is 18.3 Å². The Morgan fingerprint density at radius 2 is 1.81 bits per heavy atom. The molecule has 0 aliphatic rings. The molecule has 0 amide bonds. The van der Waals surface area contributed by atoms with E-state index in [9.17, 15) is 17.6 Å². The summed E-state index contributed by atoms with van der Waals surface area (Å²) >= 11 is 0. The van der Waals surface area contributed by atoms with Crippen molar-refractivity contribution in [3.63, 3.8) is 0 Å². The Hall–Kier alpha value is -2.24. The molecule has 0 saturated heterocycles. The molecule has 0 heterocycles. The highest BCUT2D eigenvalue weighted by molar-refractivity contribution is 5.47. The molecule has 21 heavy (non-hydrogen) atoms. The van der Waals surface area contributed by atoms with Gasteiger partial charge in [0.2, 0.25) is 0 Å². The lowest BCUT2D eigenvalue weighted by molar-refractivity contribution is -0.0521. The predicted molar refractivity (Wildman–Crippen MR) is 71.5 cm³/mol. The van der Waals surface area contributed by atoms with E-state index in [0.717, 1.165) is 12.1 Å². The molecule has 0 radical (unpaired) electrons. The number of nitrogens with one attached hydrogen (secondary N) is 1. The van der Waals surface area contributed by atoms with Gasteiger partial charge in [-0.2, -0.15) is 8.78 Å². The number of hydrogen-bond acceptors (Lipinski definition) is 2. The number of ether oxygens (including phenoxy) is 1. The van der Waals surface area contributed by atoms with Crippen molar-refractivity contribution in [3.05, 3.63) is 59.2 Å². The first-order valence-corrected chi connectivity index (χ1v) is 6.19. The van der Waals surface area contributed by atoms with Gasteiger partial charge in [0.25, 0.3) is 0 Å². The Morgan fingerprint density at radius 1 is 1.05 bits per heavy atom. The van der Waals surface area contributed by atoms with Crippen LogP contribution in [0.25, 0.3) is 0 Å². The van der Waals surface area contributed by atoms with Crippen molar-refractivity contribution in [1.82, 2.24) is 0 Å². The molecule has 0 bridgehead atoms. The molecule has 0 spiro atoms. The molecule has 0 saturated carbocycles. The van der Waals surface area contributed by atoms with E-state index in [4.69, 9.17) is 0 Å². The van der Waals surface area contributed by atoms with Crippen molar-refractivity contribution in [2.24, 2.45) is 0 Å². The zero-order valence-electron chi connectivity index (χ0n) is 11.2. The first-order valence-electron chi connectivity index (χ1n) is 6.19. The molecule has 2 aromatic rings. The molecule has 0 aliphatic carbocycles. The van der Waals surface area contributed by atoms with Crippen molar-refractivity contribution in [3.8, 4) is 5.75 Å². The molecule has 0 unspecified atom stereocenters. The van der Waals surface area contributed by atoms with Crippen LogP contribution < -0.4 is 10.1 Å². The summed E-state index contributed by atoms with van der Waals surface area (Å²) in [5.41, 5.74) is 1.61. The van der Waals surface area contributed by atoms with Gasteiger partial charge in [-0.1, -0.05) is 12.1 Å². The fourth-order valence-electron chi connectivity index (χ4n) is 1.75. The second kappa shape index (κ2) is 6.47. The SMILES string of the molecule is Cc1ccc(CNc2ccc(OC(F)F)c(F)c2)cc1F. The number of halogens is 4. The van der Waals surface area contributed by atoms with Crippen LogP contribution in [0, 0.1) is 18.6 Å². The third-order valence-electron chi connectivity index (χ3n) is 2.88. The average molecular weight is 299 g/mol. The first-order chi connectivity index (χ1) is 9.95. The predicted octanol–water partition coefficient (Wildman–Crippen LogP) is 4.49. The van der Waals surface area contributed by atoms with E-state index >= 15 is 0 Å². The van der Waals surface area contributed by atoms with Crippen LogP contribution in [0.15, 0.2) is 36.4 Å². The Kier molecular flexibility index (Phi) is 4.67. The third-order valence-corrected chi connectivity index (χ3v) is 2.88. The number of aryl methyl sites for hydroxylation is 1. The number of hydrogen-bond donors (Lipinski definition) is 1. The Bertz CT molecular complexity index is 631. The lowest BCUT2D eigenvalue weighted by Gasteiger charge is -2.10. The molecule has 2 aromatic carbocycles. The Balaban J connectivity index is 2.03. The van der Waals surface area contributed by atoms with Crippen LogP contribution in [0.3, 0.4) is 0 Å². The summed E-state index contributed by atoms with van der Waals surface area (Å²) < 4.78 is 54.9. The highest BCUT2D eigenvalue weighted by atomic mass is 19.3. The average Bonchev–Trinajstić information content (AvgIpc) is 2.42. The quantitative estimate of drug-likeness (QED) is 0.822. The van der Waals surface area contributed by atoms with Gasteiger partial charge < -0.3 is 10.1 Å². The highest BCUT2D eigenvalue weighted by Gasteiger charge is 2.10. The summed E-state index contributed by atoms with van der Waals surface area (Å²) in [7, 11) is 0. The van der Waals surface area contributed by atoms with Crippen molar-refractivity contribution in [2.45, 2.75) is 20.1 Å².